The van der Waals surface area contributed by atoms with Gasteiger partial charge in [0.1, 0.15) is 5.82 Å². The summed E-state index contributed by atoms with van der Waals surface area (Å²) in [6.45, 7) is 1.82. The molecule has 1 N–H and O–H groups in total. The molecule has 0 saturated heterocycles. The maximum atomic E-state index is 13.0. The van der Waals surface area contributed by atoms with Crippen LogP contribution in [0.3, 0.4) is 0 Å². The summed E-state index contributed by atoms with van der Waals surface area (Å²) >= 11 is 1.21. The quantitative estimate of drug-likeness (QED) is 0.640. The number of fused-ring (bicyclic) bond motifs is 1. The van der Waals surface area contributed by atoms with Crippen molar-refractivity contribution >= 4 is 17.7 Å². The Labute approximate surface area is 166 Å². The third kappa shape index (κ3) is 4.09. The lowest BCUT2D eigenvalue weighted by Gasteiger charge is -2.27. The van der Waals surface area contributed by atoms with Crippen molar-refractivity contribution < 1.29 is 13.6 Å². The third-order valence-electron chi connectivity index (χ3n) is 4.83. The maximum absolute atomic E-state index is 13.0. The molecular weight excluding hydrogens is 377 g/mol. The van der Waals surface area contributed by atoms with Crippen LogP contribution in [0.25, 0.3) is 11.5 Å². The molecule has 1 amide bonds. The summed E-state index contributed by atoms with van der Waals surface area (Å²) in [4.78, 5) is 12.7. The summed E-state index contributed by atoms with van der Waals surface area (Å²) in [5.74, 6) is -0.0861. The second-order valence-electron chi connectivity index (χ2n) is 6.79. The van der Waals surface area contributed by atoms with Crippen LogP contribution in [0.5, 0.6) is 0 Å². The number of amides is 1. The van der Waals surface area contributed by atoms with Crippen molar-refractivity contribution in [3.05, 3.63) is 65.5 Å². The summed E-state index contributed by atoms with van der Waals surface area (Å²) < 4.78 is 18.7. The molecule has 28 heavy (non-hydrogen) atoms. The highest BCUT2D eigenvalue weighted by Crippen LogP contribution is 2.31. The standard InChI is InChI=1S/C21H20FN3O2S/c1-13(19(26)23-18-8-4-6-14-5-2-3-7-17(14)18)28-21-25-24-20(27-21)15-9-11-16(22)12-10-15/h2-3,5,7,9-13,18H,4,6,8H2,1H3,(H,23,26). The monoisotopic (exact) mass is 397 g/mol. The summed E-state index contributed by atoms with van der Waals surface area (Å²) in [6, 6.07) is 14.1. The molecule has 0 saturated carbocycles. The zero-order valence-corrected chi connectivity index (χ0v) is 16.2. The molecule has 0 spiro atoms. The first-order valence-electron chi connectivity index (χ1n) is 9.24. The number of nitrogens with one attached hydrogen (secondary N) is 1. The van der Waals surface area contributed by atoms with E-state index in [9.17, 15) is 9.18 Å². The van der Waals surface area contributed by atoms with Gasteiger partial charge in [-0.2, -0.15) is 0 Å². The number of aromatic nitrogens is 2. The van der Waals surface area contributed by atoms with Crippen molar-refractivity contribution in [2.24, 2.45) is 0 Å². The number of carbonyl (C=O) groups excluding carboxylic acids is 1. The Hall–Kier alpha value is -2.67. The maximum Gasteiger partial charge on any atom is 0.277 e. The lowest BCUT2D eigenvalue weighted by atomic mass is 9.88. The van der Waals surface area contributed by atoms with E-state index in [-0.39, 0.29) is 23.0 Å². The van der Waals surface area contributed by atoms with Gasteiger partial charge in [-0.15, -0.1) is 10.2 Å². The predicted octanol–water partition coefficient (Wildman–Crippen LogP) is 4.55. The topological polar surface area (TPSA) is 68.0 Å². The largest absolute Gasteiger partial charge is 0.411 e. The smallest absolute Gasteiger partial charge is 0.277 e. The minimum absolute atomic E-state index is 0.0398. The van der Waals surface area contributed by atoms with Gasteiger partial charge in [-0.1, -0.05) is 36.0 Å². The van der Waals surface area contributed by atoms with Gasteiger partial charge in [-0.25, -0.2) is 4.39 Å². The molecule has 5 nitrogen and oxygen atoms in total. The van der Waals surface area contributed by atoms with Crippen molar-refractivity contribution in [2.75, 3.05) is 0 Å². The van der Waals surface area contributed by atoms with Crippen LogP contribution in [0.1, 0.15) is 36.9 Å². The molecule has 3 aromatic rings. The van der Waals surface area contributed by atoms with Crippen molar-refractivity contribution in [1.29, 1.82) is 0 Å². The summed E-state index contributed by atoms with van der Waals surface area (Å²) in [5.41, 5.74) is 3.15. The molecule has 2 unspecified atom stereocenters. The number of hydrogen-bond donors (Lipinski definition) is 1. The second kappa shape index (κ2) is 8.14. The molecule has 0 fully saturated rings. The van der Waals surface area contributed by atoms with Crippen LogP contribution in [0.15, 0.2) is 58.2 Å². The number of rotatable bonds is 5. The number of hydrogen-bond acceptors (Lipinski definition) is 5. The van der Waals surface area contributed by atoms with E-state index < -0.39 is 0 Å². The van der Waals surface area contributed by atoms with Crippen molar-refractivity contribution in [3.8, 4) is 11.5 Å². The first kappa shape index (κ1) is 18.7. The zero-order chi connectivity index (χ0) is 19.5. The van der Waals surface area contributed by atoms with Crippen LogP contribution in [0.2, 0.25) is 0 Å². The molecule has 2 aromatic carbocycles. The Balaban J connectivity index is 1.40. The van der Waals surface area contributed by atoms with E-state index in [4.69, 9.17) is 4.42 Å². The average molecular weight is 397 g/mol. The highest BCUT2D eigenvalue weighted by molar-refractivity contribution is 8.00. The molecular formula is C21H20FN3O2S. The van der Waals surface area contributed by atoms with Crippen molar-refractivity contribution in [2.45, 2.75) is 42.7 Å². The highest BCUT2D eigenvalue weighted by Gasteiger charge is 2.25. The van der Waals surface area contributed by atoms with Crippen molar-refractivity contribution in [1.82, 2.24) is 15.5 Å². The SMILES string of the molecule is CC(Sc1nnc(-c2ccc(F)cc2)o1)C(=O)NC1CCCc2ccccc21. The molecule has 0 radical (unpaired) electrons. The van der Waals surface area contributed by atoms with Gasteiger partial charge in [0.25, 0.3) is 5.22 Å². The normalized spacial score (nSPS) is 17.0. The van der Waals surface area contributed by atoms with Crippen LogP contribution in [-0.4, -0.2) is 21.4 Å². The van der Waals surface area contributed by atoms with Gasteiger partial charge in [0.05, 0.1) is 11.3 Å². The van der Waals surface area contributed by atoms with E-state index in [0.717, 1.165) is 19.3 Å². The van der Waals surface area contributed by atoms with Crippen LogP contribution in [0.4, 0.5) is 4.39 Å². The molecule has 1 aliphatic carbocycles. The molecule has 1 heterocycles. The van der Waals surface area contributed by atoms with E-state index >= 15 is 0 Å². The number of nitrogens with zero attached hydrogens (tertiary/aromatic N) is 2. The molecule has 0 aliphatic heterocycles. The summed E-state index contributed by atoms with van der Waals surface area (Å²) in [6.07, 6.45) is 3.06. The molecule has 1 aliphatic rings. The van der Waals surface area contributed by atoms with Gasteiger partial charge >= 0.3 is 0 Å². The van der Waals surface area contributed by atoms with E-state index in [1.807, 2.05) is 19.1 Å². The van der Waals surface area contributed by atoms with E-state index in [2.05, 4.69) is 27.6 Å². The minimum Gasteiger partial charge on any atom is -0.411 e. The van der Waals surface area contributed by atoms with Crippen LogP contribution in [0, 0.1) is 5.82 Å². The molecule has 4 rings (SSSR count). The fourth-order valence-corrected chi connectivity index (χ4v) is 4.06. The van der Waals surface area contributed by atoms with Gasteiger partial charge in [0.2, 0.25) is 11.8 Å². The third-order valence-corrected chi connectivity index (χ3v) is 5.76. The van der Waals surface area contributed by atoms with E-state index in [1.165, 1.54) is 35.0 Å². The Morgan fingerprint density at radius 2 is 2.00 bits per heavy atom. The molecule has 2 atom stereocenters. The van der Waals surface area contributed by atoms with Gasteiger partial charge in [0, 0.05) is 5.56 Å². The fraction of sp³-hybridized carbons (Fsp3) is 0.286. The van der Waals surface area contributed by atoms with Gasteiger partial charge < -0.3 is 9.73 Å². The molecule has 7 heteroatoms. The zero-order valence-electron chi connectivity index (χ0n) is 15.4. The number of aryl methyl sites for hydroxylation is 1. The summed E-state index contributed by atoms with van der Waals surface area (Å²) in [5, 5.41) is 11.1. The van der Waals surface area contributed by atoms with Gasteiger partial charge in [0.15, 0.2) is 0 Å². The minimum atomic E-state index is -0.379. The van der Waals surface area contributed by atoms with Gasteiger partial charge in [-0.05, 0) is 61.6 Å². The molecule has 1 aromatic heterocycles. The number of halogens is 1. The number of benzene rings is 2. The second-order valence-corrected chi connectivity index (χ2v) is 8.08. The van der Waals surface area contributed by atoms with Crippen LogP contribution < -0.4 is 5.32 Å². The summed E-state index contributed by atoms with van der Waals surface area (Å²) in [7, 11) is 0. The first-order chi connectivity index (χ1) is 13.6. The highest BCUT2D eigenvalue weighted by atomic mass is 32.2. The Bertz CT molecular complexity index is 974. The average Bonchev–Trinajstić information content (AvgIpc) is 3.17. The molecule has 144 valence electrons. The van der Waals surface area contributed by atoms with Gasteiger partial charge in [-0.3, -0.25) is 4.79 Å². The fourth-order valence-electron chi connectivity index (χ4n) is 3.36. The van der Waals surface area contributed by atoms with E-state index in [1.54, 1.807) is 12.1 Å². The number of thioether (sulfide) groups is 1. The number of carbonyl (C=O) groups is 1. The Morgan fingerprint density at radius 1 is 1.21 bits per heavy atom. The van der Waals surface area contributed by atoms with E-state index in [0.29, 0.717) is 16.7 Å². The molecule has 0 bridgehead atoms. The first-order valence-corrected chi connectivity index (χ1v) is 10.1. The van der Waals surface area contributed by atoms with Crippen LogP contribution >= 0.6 is 11.8 Å². The lowest BCUT2D eigenvalue weighted by Crippen LogP contribution is -2.35. The predicted molar refractivity (Wildman–Crippen MR) is 105 cm³/mol. The van der Waals surface area contributed by atoms with Crippen LogP contribution in [-0.2, 0) is 11.2 Å². The Morgan fingerprint density at radius 3 is 2.82 bits per heavy atom. The lowest BCUT2D eigenvalue weighted by molar-refractivity contribution is -0.121. The van der Waals surface area contributed by atoms with Crippen molar-refractivity contribution in [3.63, 3.8) is 0 Å². The Kier molecular flexibility index (Phi) is 5.43.